The smallest absolute Gasteiger partial charge is 0.178 e. The zero-order chi connectivity index (χ0) is 28.7. The summed E-state index contributed by atoms with van der Waals surface area (Å²) < 4.78 is 39.4. The summed E-state index contributed by atoms with van der Waals surface area (Å²) >= 11 is 0. The molecule has 1 aromatic rings. The van der Waals surface area contributed by atoms with Crippen molar-refractivity contribution in [2.75, 3.05) is 5.75 Å². The summed E-state index contributed by atoms with van der Waals surface area (Å²) in [5.74, 6) is 1.59. The Hall–Kier alpha value is -1.43. The van der Waals surface area contributed by atoms with Gasteiger partial charge in [0.05, 0.1) is 35.1 Å². The van der Waals surface area contributed by atoms with Crippen LogP contribution in [0.2, 0.25) is 0 Å². The molecule has 0 aromatic heterocycles. The maximum absolute atomic E-state index is 13.4. The van der Waals surface area contributed by atoms with Gasteiger partial charge in [0.2, 0.25) is 0 Å². The molecule has 2 unspecified atom stereocenters. The second-order valence-electron chi connectivity index (χ2n) is 12.8. The van der Waals surface area contributed by atoms with Crippen LogP contribution < -0.4 is 0 Å². The molecule has 220 valence electrons. The second kappa shape index (κ2) is 14.5. The summed E-state index contributed by atoms with van der Waals surface area (Å²) in [5.41, 5.74) is 2.51. The highest BCUT2D eigenvalue weighted by atomic mass is 32.2. The number of unbranched alkanes of at least 4 members (excludes halogenated alkanes) is 1. The van der Waals surface area contributed by atoms with Gasteiger partial charge in [-0.05, 0) is 80.4 Å². The van der Waals surface area contributed by atoms with Gasteiger partial charge in [-0.25, -0.2) is 8.42 Å². The Morgan fingerprint density at radius 2 is 1.69 bits per heavy atom. The molecule has 4 nitrogen and oxygen atoms in total. The van der Waals surface area contributed by atoms with E-state index in [-0.39, 0.29) is 41.8 Å². The van der Waals surface area contributed by atoms with Crippen molar-refractivity contribution < 1.29 is 17.9 Å². The zero-order valence-electron chi connectivity index (χ0n) is 25.4. The van der Waals surface area contributed by atoms with Gasteiger partial charge in [0.25, 0.3) is 0 Å². The molecule has 5 heteroatoms. The highest BCUT2D eigenvalue weighted by Gasteiger charge is 2.44. The first-order valence-electron chi connectivity index (χ1n) is 15.4. The normalized spacial score (nSPS) is 29.8. The molecule has 2 heterocycles. The number of sulfone groups is 1. The maximum atomic E-state index is 13.4. The van der Waals surface area contributed by atoms with Crippen molar-refractivity contribution in [2.45, 2.75) is 122 Å². The van der Waals surface area contributed by atoms with E-state index in [0.717, 1.165) is 51.4 Å². The molecular weight excluding hydrogens is 504 g/mol. The molecule has 2 saturated heterocycles. The van der Waals surface area contributed by atoms with E-state index >= 15 is 0 Å². The first kappa shape index (κ1) is 32.1. The van der Waals surface area contributed by atoms with Crippen LogP contribution >= 0.6 is 0 Å². The largest absolute Gasteiger partial charge is 0.374 e. The Morgan fingerprint density at radius 3 is 2.31 bits per heavy atom. The van der Waals surface area contributed by atoms with E-state index in [0.29, 0.717) is 22.8 Å². The van der Waals surface area contributed by atoms with E-state index in [2.05, 4.69) is 54.7 Å². The molecular formula is C34H54O4S. The fourth-order valence-electron chi connectivity index (χ4n) is 6.51. The molecule has 1 aromatic carbocycles. The van der Waals surface area contributed by atoms with Crippen LogP contribution in [0, 0.1) is 29.6 Å². The molecule has 9 atom stereocenters. The van der Waals surface area contributed by atoms with Crippen LogP contribution in [0.25, 0.3) is 0 Å². The molecule has 0 spiro atoms. The lowest BCUT2D eigenvalue weighted by Gasteiger charge is -2.27. The van der Waals surface area contributed by atoms with Crippen LogP contribution in [-0.2, 0) is 19.3 Å². The average Bonchev–Trinajstić information content (AvgIpc) is 3.37. The number of ether oxygens (including phenoxy) is 2. The Bertz CT molecular complexity index is 1030. The Morgan fingerprint density at radius 1 is 1.00 bits per heavy atom. The molecule has 0 amide bonds. The SMILES string of the molecule is C=C1C[C@H](C)OC1CCCC[C@@H](C)C(=C)[C@H](C)C[C@@H]1O[C@H](CC(C)CC)[C@H](C)[C@H]1CS(=O)(=O)c1ccccc1. The fourth-order valence-corrected chi connectivity index (χ4v) is 8.30. The van der Waals surface area contributed by atoms with Crippen molar-refractivity contribution >= 4 is 9.84 Å². The zero-order valence-corrected chi connectivity index (χ0v) is 26.2. The lowest BCUT2D eigenvalue weighted by molar-refractivity contribution is 0.00926. The highest BCUT2D eigenvalue weighted by molar-refractivity contribution is 7.91. The van der Waals surface area contributed by atoms with Crippen LogP contribution in [0.5, 0.6) is 0 Å². The topological polar surface area (TPSA) is 52.6 Å². The lowest BCUT2D eigenvalue weighted by Crippen LogP contribution is -2.30. The minimum absolute atomic E-state index is 0.0169. The van der Waals surface area contributed by atoms with E-state index in [1.165, 1.54) is 11.1 Å². The molecule has 0 radical (unpaired) electrons. The molecule has 2 aliphatic heterocycles. The third kappa shape index (κ3) is 8.78. The second-order valence-corrected chi connectivity index (χ2v) is 14.8. The van der Waals surface area contributed by atoms with Crippen molar-refractivity contribution in [1.29, 1.82) is 0 Å². The van der Waals surface area contributed by atoms with Gasteiger partial charge in [-0.3, -0.25) is 0 Å². The van der Waals surface area contributed by atoms with Gasteiger partial charge in [0.15, 0.2) is 9.84 Å². The highest BCUT2D eigenvalue weighted by Crippen LogP contribution is 2.41. The van der Waals surface area contributed by atoms with Crippen molar-refractivity contribution in [1.82, 2.24) is 0 Å². The Kier molecular flexibility index (Phi) is 11.9. The number of allylic oxidation sites excluding steroid dienone is 1. The van der Waals surface area contributed by atoms with Crippen molar-refractivity contribution in [2.24, 2.45) is 29.6 Å². The average molecular weight is 559 g/mol. The van der Waals surface area contributed by atoms with Crippen molar-refractivity contribution in [3.63, 3.8) is 0 Å². The predicted octanol–water partition coefficient (Wildman–Crippen LogP) is 8.43. The van der Waals surface area contributed by atoms with Crippen LogP contribution in [0.15, 0.2) is 59.5 Å². The van der Waals surface area contributed by atoms with Gasteiger partial charge in [0.1, 0.15) is 0 Å². The number of benzene rings is 1. The summed E-state index contributed by atoms with van der Waals surface area (Å²) in [5, 5.41) is 0. The quantitative estimate of drug-likeness (QED) is 0.160. The van der Waals surface area contributed by atoms with E-state index < -0.39 is 9.84 Å². The van der Waals surface area contributed by atoms with Crippen LogP contribution in [0.4, 0.5) is 0 Å². The van der Waals surface area contributed by atoms with E-state index in [9.17, 15) is 8.42 Å². The molecule has 0 saturated carbocycles. The number of rotatable bonds is 15. The predicted molar refractivity (Wildman–Crippen MR) is 163 cm³/mol. The van der Waals surface area contributed by atoms with Gasteiger partial charge >= 0.3 is 0 Å². The van der Waals surface area contributed by atoms with Crippen LogP contribution in [0.1, 0.15) is 92.9 Å². The van der Waals surface area contributed by atoms with E-state index in [1.807, 2.05) is 6.07 Å². The molecule has 2 fully saturated rings. The minimum atomic E-state index is -3.39. The first-order chi connectivity index (χ1) is 18.4. The number of hydrogen-bond donors (Lipinski definition) is 0. The molecule has 0 bridgehead atoms. The fraction of sp³-hybridized carbons (Fsp3) is 0.706. The van der Waals surface area contributed by atoms with Gasteiger partial charge < -0.3 is 9.47 Å². The Labute approximate surface area is 239 Å². The maximum Gasteiger partial charge on any atom is 0.178 e. The van der Waals surface area contributed by atoms with Gasteiger partial charge in [-0.15, -0.1) is 0 Å². The van der Waals surface area contributed by atoms with Gasteiger partial charge in [-0.1, -0.05) is 90.8 Å². The van der Waals surface area contributed by atoms with Gasteiger partial charge in [0, 0.05) is 5.92 Å². The van der Waals surface area contributed by atoms with Crippen molar-refractivity contribution in [3.8, 4) is 0 Å². The molecule has 0 N–H and O–H groups in total. The molecule has 39 heavy (non-hydrogen) atoms. The van der Waals surface area contributed by atoms with Crippen molar-refractivity contribution in [3.05, 3.63) is 54.6 Å². The third-order valence-electron chi connectivity index (χ3n) is 9.54. The van der Waals surface area contributed by atoms with E-state index in [4.69, 9.17) is 9.47 Å². The summed E-state index contributed by atoms with van der Waals surface area (Å²) in [6, 6.07) is 8.89. The Balaban J connectivity index is 1.59. The molecule has 0 aliphatic carbocycles. The monoisotopic (exact) mass is 558 g/mol. The summed E-state index contributed by atoms with van der Waals surface area (Å²) in [7, 11) is -3.39. The van der Waals surface area contributed by atoms with E-state index in [1.54, 1.807) is 24.3 Å². The number of hydrogen-bond acceptors (Lipinski definition) is 4. The minimum Gasteiger partial charge on any atom is -0.374 e. The third-order valence-corrected chi connectivity index (χ3v) is 11.4. The first-order valence-corrected chi connectivity index (χ1v) is 17.0. The summed E-state index contributed by atoms with van der Waals surface area (Å²) in [6.45, 7) is 22.0. The van der Waals surface area contributed by atoms with Crippen LogP contribution in [0.3, 0.4) is 0 Å². The standard InChI is InChI=1S/C34H54O4S/c1-9-23(2)19-33-29(8)31(22-39(35,36)30-16-11-10-12-17-30)34(38-33)21-25(4)28(7)24(3)15-13-14-18-32-26(5)20-27(6)37-32/h10-12,16-17,23-25,27,29,31-34H,5,7,9,13-15,18-22H2,1-4,6,8H3/t23?,24-,25-,27+,29-,31-,32?,33-,34+/m1/s1. The molecule has 2 aliphatic rings. The summed E-state index contributed by atoms with van der Waals surface area (Å²) in [4.78, 5) is 0.411. The lowest BCUT2D eigenvalue weighted by atomic mass is 9.80. The van der Waals surface area contributed by atoms with Crippen LogP contribution in [-0.4, -0.2) is 38.6 Å². The molecule has 3 rings (SSSR count). The summed E-state index contributed by atoms with van der Waals surface area (Å²) in [6.07, 6.45) is 8.94. The van der Waals surface area contributed by atoms with Gasteiger partial charge in [-0.2, -0.15) is 0 Å².